The van der Waals surface area contributed by atoms with Gasteiger partial charge in [0.1, 0.15) is 0 Å². The maximum absolute atomic E-state index is 12.3. The van der Waals surface area contributed by atoms with Crippen molar-refractivity contribution >= 4 is 33.4 Å². The summed E-state index contributed by atoms with van der Waals surface area (Å²) < 4.78 is 0.970. The van der Waals surface area contributed by atoms with Crippen molar-refractivity contribution in [3.8, 4) is 0 Å². The normalized spacial score (nSPS) is 23.1. The van der Waals surface area contributed by atoms with Gasteiger partial charge in [0.15, 0.2) is 0 Å². The highest BCUT2D eigenvalue weighted by molar-refractivity contribution is 9.10. The summed E-state index contributed by atoms with van der Waals surface area (Å²) in [6.45, 7) is 2.01. The Balaban J connectivity index is 2.05. The second kappa shape index (κ2) is 6.76. The standard InChI is InChI=1S/C15H19BrClNO/c1-10-6-7-11(8-13(10)16)15(19)18-14-5-3-2-4-12(14)9-17/h6-8,12,14H,2-5,9H2,1H3,(H,18,19). The first-order valence-corrected chi connectivity index (χ1v) is 8.07. The fraction of sp³-hybridized carbons (Fsp3) is 0.533. The fourth-order valence-electron chi connectivity index (χ4n) is 2.57. The summed E-state index contributed by atoms with van der Waals surface area (Å²) in [5.74, 6) is 1.04. The Bertz CT molecular complexity index is 463. The molecule has 1 aliphatic rings. The number of carbonyl (C=O) groups is 1. The third-order valence-electron chi connectivity index (χ3n) is 3.86. The minimum Gasteiger partial charge on any atom is -0.349 e. The highest BCUT2D eigenvalue weighted by atomic mass is 79.9. The van der Waals surface area contributed by atoms with Crippen LogP contribution in [0, 0.1) is 12.8 Å². The molecule has 1 N–H and O–H groups in total. The molecule has 0 bridgehead atoms. The number of hydrogen-bond donors (Lipinski definition) is 1. The number of amides is 1. The average molecular weight is 345 g/mol. The summed E-state index contributed by atoms with van der Waals surface area (Å²) >= 11 is 9.46. The van der Waals surface area contributed by atoms with Crippen LogP contribution in [0.15, 0.2) is 22.7 Å². The molecular formula is C15H19BrClNO. The lowest BCUT2D eigenvalue weighted by Crippen LogP contribution is -2.42. The molecule has 104 valence electrons. The van der Waals surface area contributed by atoms with Crippen molar-refractivity contribution in [3.05, 3.63) is 33.8 Å². The molecule has 0 aromatic heterocycles. The Kier molecular flexibility index (Phi) is 5.28. The van der Waals surface area contributed by atoms with Crippen molar-refractivity contribution in [1.29, 1.82) is 0 Å². The fourth-order valence-corrected chi connectivity index (χ4v) is 3.32. The maximum atomic E-state index is 12.3. The number of alkyl halides is 1. The number of carbonyl (C=O) groups excluding carboxylic acids is 1. The van der Waals surface area contributed by atoms with E-state index in [4.69, 9.17) is 11.6 Å². The van der Waals surface area contributed by atoms with E-state index < -0.39 is 0 Å². The summed E-state index contributed by atoms with van der Waals surface area (Å²) in [6, 6.07) is 5.93. The second-order valence-corrected chi connectivity index (χ2v) is 6.41. The number of halogens is 2. The molecule has 0 heterocycles. The van der Waals surface area contributed by atoms with Gasteiger partial charge < -0.3 is 5.32 Å². The molecule has 1 amide bonds. The van der Waals surface area contributed by atoms with Gasteiger partial charge in [0.25, 0.3) is 5.91 Å². The van der Waals surface area contributed by atoms with Gasteiger partial charge in [0, 0.05) is 22.0 Å². The van der Waals surface area contributed by atoms with Crippen molar-refractivity contribution in [3.63, 3.8) is 0 Å². The van der Waals surface area contributed by atoms with Crippen molar-refractivity contribution in [1.82, 2.24) is 5.32 Å². The maximum Gasteiger partial charge on any atom is 0.251 e. The molecule has 2 rings (SSSR count). The van der Waals surface area contributed by atoms with Crippen molar-refractivity contribution in [2.45, 2.75) is 38.6 Å². The molecule has 1 aromatic rings. The van der Waals surface area contributed by atoms with Crippen LogP contribution in [-0.2, 0) is 0 Å². The van der Waals surface area contributed by atoms with Crippen LogP contribution in [0.1, 0.15) is 41.6 Å². The quantitative estimate of drug-likeness (QED) is 0.815. The summed E-state index contributed by atoms with van der Waals surface area (Å²) in [6.07, 6.45) is 4.55. The molecule has 1 saturated carbocycles. The molecule has 1 aromatic carbocycles. The van der Waals surface area contributed by atoms with E-state index >= 15 is 0 Å². The molecule has 1 aliphatic carbocycles. The van der Waals surface area contributed by atoms with Crippen molar-refractivity contribution in [2.24, 2.45) is 5.92 Å². The van der Waals surface area contributed by atoms with Crippen LogP contribution in [0.5, 0.6) is 0 Å². The lowest BCUT2D eigenvalue weighted by Gasteiger charge is -2.30. The first kappa shape index (κ1) is 14.9. The Hall–Kier alpha value is -0.540. The summed E-state index contributed by atoms with van der Waals surface area (Å²) in [5.41, 5.74) is 1.84. The molecular weight excluding hydrogens is 326 g/mol. The minimum absolute atomic E-state index is 0.00252. The Morgan fingerprint density at radius 2 is 2.16 bits per heavy atom. The van der Waals surface area contributed by atoms with Gasteiger partial charge in [0.05, 0.1) is 0 Å². The van der Waals surface area contributed by atoms with Gasteiger partial charge in [-0.25, -0.2) is 0 Å². The van der Waals surface area contributed by atoms with Gasteiger partial charge in [0.2, 0.25) is 0 Å². The lowest BCUT2D eigenvalue weighted by molar-refractivity contribution is 0.0911. The molecule has 19 heavy (non-hydrogen) atoms. The molecule has 0 aliphatic heterocycles. The van der Waals surface area contributed by atoms with Crippen LogP contribution < -0.4 is 5.32 Å². The molecule has 0 saturated heterocycles. The zero-order valence-corrected chi connectivity index (χ0v) is 13.4. The van der Waals surface area contributed by atoms with Crippen LogP contribution in [-0.4, -0.2) is 17.8 Å². The van der Waals surface area contributed by atoms with E-state index in [1.165, 1.54) is 12.8 Å². The number of aryl methyl sites for hydroxylation is 1. The highest BCUT2D eigenvalue weighted by Crippen LogP contribution is 2.26. The van der Waals surface area contributed by atoms with Crippen LogP contribution in [0.2, 0.25) is 0 Å². The Labute approximate surface area is 128 Å². The number of hydrogen-bond acceptors (Lipinski definition) is 1. The van der Waals surface area contributed by atoms with Crippen LogP contribution in [0.4, 0.5) is 0 Å². The summed E-state index contributed by atoms with van der Waals surface area (Å²) in [7, 11) is 0. The van der Waals surface area contributed by atoms with Gasteiger partial charge >= 0.3 is 0 Å². The third kappa shape index (κ3) is 3.73. The molecule has 4 heteroatoms. The molecule has 1 fully saturated rings. The van der Waals surface area contributed by atoms with E-state index in [1.54, 1.807) is 0 Å². The molecule has 0 spiro atoms. The molecule has 2 nitrogen and oxygen atoms in total. The SMILES string of the molecule is Cc1ccc(C(=O)NC2CCCCC2CCl)cc1Br. The minimum atomic E-state index is 0.00252. The van der Waals surface area contributed by atoms with E-state index in [9.17, 15) is 4.79 Å². The van der Waals surface area contributed by atoms with Crippen LogP contribution >= 0.6 is 27.5 Å². The number of nitrogens with one attached hydrogen (secondary N) is 1. The van der Waals surface area contributed by atoms with Gasteiger partial charge in [-0.15, -0.1) is 11.6 Å². The molecule has 0 radical (unpaired) electrons. The highest BCUT2D eigenvalue weighted by Gasteiger charge is 2.26. The van der Waals surface area contributed by atoms with Crippen LogP contribution in [0.25, 0.3) is 0 Å². The predicted molar refractivity (Wildman–Crippen MR) is 82.8 cm³/mol. The van der Waals surface area contributed by atoms with Crippen LogP contribution in [0.3, 0.4) is 0 Å². The smallest absolute Gasteiger partial charge is 0.251 e. The summed E-state index contributed by atoms with van der Waals surface area (Å²) in [5, 5.41) is 3.14. The van der Waals surface area contributed by atoms with Gasteiger partial charge in [-0.2, -0.15) is 0 Å². The zero-order chi connectivity index (χ0) is 13.8. The average Bonchev–Trinajstić information content (AvgIpc) is 2.42. The zero-order valence-electron chi connectivity index (χ0n) is 11.1. The second-order valence-electron chi connectivity index (χ2n) is 5.24. The van der Waals surface area contributed by atoms with E-state index in [0.29, 0.717) is 17.4 Å². The topological polar surface area (TPSA) is 29.1 Å². The van der Waals surface area contributed by atoms with E-state index in [1.807, 2.05) is 25.1 Å². The lowest BCUT2D eigenvalue weighted by atomic mass is 9.85. The summed E-state index contributed by atoms with van der Waals surface area (Å²) in [4.78, 5) is 12.3. The monoisotopic (exact) mass is 343 g/mol. The molecule has 2 unspecified atom stereocenters. The van der Waals surface area contributed by atoms with Gasteiger partial charge in [-0.05, 0) is 43.4 Å². The third-order valence-corrected chi connectivity index (χ3v) is 5.11. The largest absolute Gasteiger partial charge is 0.349 e. The molecule has 2 atom stereocenters. The Morgan fingerprint density at radius 3 is 2.84 bits per heavy atom. The van der Waals surface area contributed by atoms with E-state index in [0.717, 1.165) is 22.9 Å². The van der Waals surface area contributed by atoms with Crippen molar-refractivity contribution in [2.75, 3.05) is 5.88 Å². The van der Waals surface area contributed by atoms with Gasteiger partial charge in [-0.3, -0.25) is 4.79 Å². The predicted octanol–water partition coefficient (Wildman–Crippen LogP) is 4.28. The number of benzene rings is 1. The van der Waals surface area contributed by atoms with Crippen molar-refractivity contribution < 1.29 is 4.79 Å². The first-order valence-electron chi connectivity index (χ1n) is 6.75. The first-order chi connectivity index (χ1) is 9.11. The van der Waals surface area contributed by atoms with E-state index in [-0.39, 0.29) is 11.9 Å². The van der Waals surface area contributed by atoms with E-state index in [2.05, 4.69) is 21.2 Å². The Morgan fingerprint density at radius 1 is 1.42 bits per heavy atom. The van der Waals surface area contributed by atoms with Gasteiger partial charge in [-0.1, -0.05) is 34.8 Å². The number of rotatable bonds is 3.